The Balaban J connectivity index is 1.90. The fraction of sp³-hybridized carbons (Fsp3) is 0.241. The molecule has 0 saturated carbocycles. The van der Waals surface area contributed by atoms with E-state index < -0.39 is 17.7 Å². The second-order valence-corrected chi connectivity index (χ2v) is 9.20. The number of Topliss-reactive ketones (excluding diaryl/α,β-unsaturated/α-hetero) is 1. The molecule has 3 aromatic carbocycles. The van der Waals surface area contributed by atoms with Crippen LogP contribution in [0.15, 0.2) is 72.3 Å². The van der Waals surface area contributed by atoms with Crippen LogP contribution in [0, 0.1) is 0 Å². The molecule has 0 aromatic heterocycles. The van der Waals surface area contributed by atoms with E-state index >= 15 is 0 Å². The van der Waals surface area contributed by atoms with Gasteiger partial charge in [-0.3, -0.25) is 14.5 Å². The molecule has 36 heavy (non-hydrogen) atoms. The lowest BCUT2D eigenvalue weighted by Crippen LogP contribution is -2.29. The van der Waals surface area contributed by atoms with Gasteiger partial charge in [0.15, 0.2) is 0 Å². The summed E-state index contributed by atoms with van der Waals surface area (Å²) in [6, 6.07) is 18.2. The summed E-state index contributed by atoms with van der Waals surface area (Å²) in [6.07, 6.45) is 0. The van der Waals surface area contributed by atoms with E-state index in [1.165, 1.54) is 4.90 Å². The number of halogens is 1. The molecule has 0 aliphatic carbocycles. The summed E-state index contributed by atoms with van der Waals surface area (Å²) in [5.74, 6) is -0.273. The first-order valence-corrected chi connectivity index (χ1v) is 12.1. The molecule has 0 spiro atoms. The lowest BCUT2D eigenvalue weighted by Gasteiger charge is -2.25. The van der Waals surface area contributed by atoms with E-state index in [9.17, 15) is 14.7 Å². The van der Waals surface area contributed by atoms with Crippen molar-refractivity contribution in [2.75, 3.05) is 18.6 Å². The van der Waals surface area contributed by atoms with Crippen LogP contribution >= 0.6 is 11.6 Å². The van der Waals surface area contributed by atoms with Gasteiger partial charge in [-0.2, -0.15) is 0 Å². The third kappa shape index (κ3) is 4.69. The Morgan fingerprint density at radius 3 is 2.28 bits per heavy atom. The molecule has 3 aromatic rings. The molecule has 186 valence electrons. The van der Waals surface area contributed by atoms with Gasteiger partial charge >= 0.3 is 0 Å². The number of rotatable bonds is 7. The maximum Gasteiger partial charge on any atom is 0.300 e. The zero-order chi connectivity index (χ0) is 26.0. The normalized spacial score (nSPS) is 17.1. The summed E-state index contributed by atoms with van der Waals surface area (Å²) in [5.41, 5.74) is 2.48. The highest BCUT2D eigenvalue weighted by molar-refractivity contribution is 6.51. The average molecular weight is 506 g/mol. The van der Waals surface area contributed by atoms with Crippen LogP contribution in [0.1, 0.15) is 49.4 Å². The third-order valence-electron chi connectivity index (χ3n) is 6.18. The molecule has 1 fully saturated rings. The van der Waals surface area contributed by atoms with E-state index in [-0.39, 0.29) is 17.3 Å². The molecule has 1 amide bonds. The number of amides is 1. The van der Waals surface area contributed by atoms with Gasteiger partial charge in [0.1, 0.15) is 17.3 Å². The van der Waals surface area contributed by atoms with Gasteiger partial charge in [0.05, 0.1) is 25.3 Å². The van der Waals surface area contributed by atoms with Crippen LogP contribution in [0.25, 0.3) is 5.76 Å². The van der Waals surface area contributed by atoms with Crippen molar-refractivity contribution in [3.05, 3.63) is 94.0 Å². The summed E-state index contributed by atoms with van der Waals surface area (Å²) in [6.45, 7) is 6.42. The first kappa shape index (κ1) is 25.3. The second kappa shape index (κ2) is 10.5. The minimum absolute atomic E-state index is 0.0103. The molecular formula is C29H28ClNO5. The Morgan fingerprint density at radius 1 is 1.03 bits per heavy atom. The Bertz CT molecular complexity index is 1310. The lowest BCUT2D eigenvalue weighted by atomic mass is 9.93. The maximum atomic E-state index is 13.4. The van der Waals surface area contributed by atoms with Gasteiger partial charge in [0.2, 0.25) is 0 Å². The largest absolute Gasteiger partial charge is 0.507 e. The van der Waals surface area contributed by atoms with Crippen LogP contribution in [-0.4, -0.2) is 30.5 Å². The van der Waals surface area contributed by atoms with Crippen molar-refractivity contribution in [3.8, 4) is 11.5 Å². The summed E-state index contributed by atoms with van der Waals surface area (Å²) >= 11 is 6.11. The molecule has 4 rings (SSSR count). The number of ether oxygens (including phenoxy) is 2. The number of carbonyl (C=O) groups is 2. The number of carbonyl (C=O) groups excluding carboxylic acids is 2. The zero-order valence-corrected chi connectivity index (χ0v) is 21.4. The van der Waals surface area contributed by atoms with Crippen LogP contribution < -0.4 is 14.4 Å². The molecule has 7 heteroatoms. The number of hydrogen-bond donors (Lipinski definition) is 1. The first-order chi connectivity index (χ1) is 17.3. The van der Waals surface area contributed by atoms with Crippen LogP contribution in [0.5, 0.6) is 11.5 Å². The second-order valence-electron chi connectivity index (χ2n) is 8.76. The summed E-state index contributed by atoms with van der Waals surface area (Å²) in [5, 5.41) is 12.0. The zero-order valence-electron chi connectivity index (χ0n) is 20.6. The summed E-state index contributed by atoms with van der Waals surface area (Å²) < 4.78 is 11.0. The van der Waals surface area contributed by atoms with E-state index in [0.29, 0.717) is 39.9 Å². The highest BCUT2D eigenvalue weighted by Crippen LogP contribution is 2.43. The minimum atomic E-state index is -0.843. The molecule has 6 nitrogen and oxygen atoms in total. The van der Waals surface area contributed by atoms with E-state index in [4.69, 9.17) is 21.1 Å². The lowest BCUT2D eigenvalue weighted by molar-refractivity contribution is -0.132. The predicted octanol–water partition coefficient (Wildman–Crippen LogP) is 6.50. The molecule has 1 atom stereocenters. The van der Waals surface area contributed by atoms with Crippen LogP contribution in [0.4, 0.5) is 5.69 Å². The van der Waals surface area contributed by atoms with Crippen molar-refractivity contribution < 1.29 is 24.2 Å². The number of aliphatic hydroxyl groups excluding tert-OH is 1. The predicted molar refractivity (Wildman–Crippen MR) is 141 cm³/mol. The van der Waals surface area contributed by atoms with Gasteiger partial charge in [0.25, 0.3) is 11.7 Å². The van der Waals surface area contributed by atoms with Crippen molar-refractivity contribution >= 4 is 34.7 Å². The van der Waals surface area contributed by atoms with E-state index in [0.717, 1.165) is 5.56 Å². The molecule has 1 N–H and O–H groups in total. The van der Waals surface area contributed by atoms with Gasteiger partial charge in [-0.15, -0.1) is 0 Å². The first-order valence-electron chi connectivity index (χ1n) is 11.7. The van der Waals surface area contributed by atoms with Gasteiger partial charge in [-0.1, -0.05) is 37.6 Å². The van der Waals surface area contributed by atoms with Crippen LogP contribution in [0.3, 0.4) is 0 Å². The SMILES string of the molecule is CCOc1ccc(N2C(=O)C(=O)/C(=C(\O)c3ccc(OC)c(C(C)C)c3)C2c2ccc(Cl)cc2)cc1. The van der Waals surface area contributed by atoms with Crippen molar-refractivity contribution in [1.82, 2.24) is 0 Å². The Labute approximate surface area is 215 Å². The molecule has 1 heterocycles. The fourth-order valence-corrected chi connectivity index (χ4v) is 4.54. The number of nitrogens with zero attached hydrogens (tertiary/aromatic N) is 1. The molecule has 1 unspecified atom stereocenters. The van der Waals surface area contributed by atoms with Crippen molar-refractivity contribution in [2.24, 2.45) is 0 Å². The number of methoxy groups -OCH3 is 1. The Morgan fingerprint density at radius 2 is 1.69 bits per heavy atom. The highest BCUT2D eigenvalue weighted by atomic mass is 35.5. The third-order valence-corrected chi connectivity index (χ3v) is 6.43. The molecule has 0 radical (unpaired) electrons. The van der Waals surface area contributed by atoms with Gasteiger partial charge in [-0.05, 0) is 78.6 Å². The monoisotopic (exact) mass is 505 g/mol. The van der Waals surface area contributed by atoms with Gasteiger partial charge < -0.3 is 14.6 Å². The molecule has 0 bridgehead atoms. The topological polar surface area (TPSA) is 76.1 Å². The number of ketones is 1. The minimum Gasteiger partial charge on any atom is -0.507 e. The summed E-state index contributed by atoms with van der Waals surface area (Å²) in [7, 11) is 1.59. The van der Waals surface area contributed by atoms with Crippen LogP contribution in [-0.2, 0) is 9.59 Å². The fourth-order valence-electron chi connectivity index (χ4n) is 4.42. The quantitative estimate of drug-likeness (QED) is 0.225. The summed E-state index contributed by atoms with van der Waals surface area (Å²) in [4.78, 5) is 28.1. The molecule has 1 aliphatic rings. The van der Waals surface area contributed by atoms with Crippen molar-refractivity contribution in [3.63, 3.8) is 0 Å². The van der Waals surface area contributed by atoms with E-state index in [1.54, 1.807) is 73.8 Å². The van der Waals surface area contributed by atoms with E-state index in [2.05, 4.69) is 0 Å². The number of benzene rings is 3. The standard InChI is InChI=1S/C29H28ClNO5/c1-5-36-22-13-11-21(12-14-22)31-26(18-6-9-20(30)10-7-18)25(28(33)29(31)34)27(32)19-8-15-24(35-4)23(16-19)17(2)3/h6-17,26,32H,5H2,1-4H3/b27-25-. The van der Waals surface area contributed by atoms with Gasteiger partial charge in [0, 0.05) is 16.3 Å². The molecule has 1 saturated heterocycles. The van der Waals surface area contributed by atoms with Gasteiger partial charge in [-0.25, -0.2) is 0 Å². The Hall–Kier alpha value is -3.77. The molecular weight excluding hydrogens is 478 g/mol. The number of aliphatic hydroxyl groups is 1. The smallest absolute Gasteiger partial charge is 0.300 e. The van der Waals surface area contributed by atoms with Crippen molar-refractivity contribution in [2.45, 2.75) is 32.7 Å². The van der Waals surface area contributed by atoms with Crippen LogP contribution in [0.2, 0.25) is 5.02 Å². The number of anilines is 1. The van der Waals surface area contributed by atoms with Crippen molar-refractivity contribution in [1.29, 1.82) is 0 Å². The van der Waals surface area contributed by atoms with E-state index in [1.807, 2.05) is 20.8 Å². The average Bonchev–Trinajstić information content (AvgIpc) is 3.14. The maximum absolute atomic E-state index is 13.4. The molecule has 1 aliphatic heterocycles. The number of hydrogen-bond acceptors (Lipinski definition) is 5. The Kier molecular flexibility index (Phi) is 7.36. The highest BCUT2D eigenvalue weighted by Gasteiger charge is 2.47.